The van der Waals surface area contributed by atoms with Gasteiger partial charge in [0.1, 0.15) is 5.82 Å². The smallest absolute Gasteiger partial charge is 0.146 e. The SMILES string of the molecule is Fc1cccnc1CNC(C1CC1)C1CC1. The molecule has 0 spiro atoms. The van der Waals surface area contributed by atoms with Crippen LogP contribution >= 0.6 is 0 Å². The second-order valence-corrected chi connectivity index (χ2v) is 5.01. The van der Waals surface area contributed by atoms with Crippen molar-refractivity contribution >= 4 is 0 Å². The van der Waals surface area contributed by atoms with Crippen LogP contribution in [0.4, 0.5) is 4.39 Å². The lowest BCUT2D eigenvalue weighted by Gasteiger charge is -2.17. The molecule has 3 heteroatoms. The van der Waals surface area contributed by atoms with Gasteiger partial charge in [0.25, 0.3) is 0 Å². The first-order chi connectivity index (χ1) is 7.84. The molecule has 0 aliphatic heterocycles. The van der Waals surface area contributed by atoms with E-state index in [2.05, 4.69) is 10.3 Å². The topological polar surface area (TPSA) is 24.9 Å². The van der Waals surface area contributed by atoms with Gasteiger partial charge in [0.05, 0.1) is 5.69 Å². The highest BCUT2D eigenvalue weighted by molar-refractivity contribution is 5.07. The van der Waals surface area contributed by atoms with Gasteiger partial charge in [-0.15, -0.1) is 0 Å². The van der Waals surface area contributed by atoms with Gasteiger partial charge >= 0.3 is 0 Å². The number of rotatable bonds is 5. The van der Waals surface area contributed by atoms with Gasteiger partial charge in [0.15, 0.2) is 0 Å². The minimum absolute atomic E-state index is 0.194. The number of aromatic nitrogens is 1. The van der Waals surface area contributed by atoms with Crippen molar-refractivity contribution in [3.05, 3.63) is 29.8 Å². The number of hydrogen-bond donors (Lipinski definition) is 1. The lowest BCUT2D eigenvalue weighted by atomic mass is 10.1. The van der Waals surface area contributed by atoms with Crippen LogP contribution in [0.2, 0.25) is 0 Å². The molecule has 0 radical (unpaired) electrons. The average Bonchev–Trinajstić information content (AvgIpc) is 3.15. The van der Waals surface area contributed by atoms with Crippen LogP contribution in [0.3, 0.4) is 0 Å². The molecule has 1 heterocycles. The Bertz CT molecular complexity index is 360. The minimum atomic E-state index is -0.194. The lowest BCUT2D eigenvalue weighted by Crippen LogP contribution is -2.33. The zero-order valence-electron chi connectivity index (χ0n) is 9.32. The largest absolute Gasteiger partial charge is 0.308 e. The molecule has 3 rings (SSSR count). The molecule has 0 atom stereocenters. The number of nitrogens with one attached hydrogen (secondary N) is 1. The van der Waals surface area contributed by atoms with Gasteiger partial charge in [0, 0.05) is 18.8 Å². The maximum Gasteiger partial charge on any atom is 0.146 e. The minimum Gasteiger partial charge on any atom is -0.308 e. The van der Waals surface area contributed by atoms with E-state index in [0.29, 0.717) is 18.3 Å². The first kappa shape index (κ1) is 10.2. The maximum absolute atomic E-state index is 13.4. The summed E-state index contributed by atoms with van der Waals surface area (Å²) >= 11 is 0. The average molecular weight is 220 g/mol. The summed E-state index contributed by atoms with van der Waals surface area (Å²) in [5, 5.41) is 3.50. The quantitative estimate of drug-likeness (QED) is 0.824. The van der Waals surface area contributed by atoms with Crippen LogP contribution in [-0.4, -0.2) is 11.0 Å². The van der Waals surface area contributed by atoms with E-state index in [1.165, 1.54) is 31.7 Å². The zero-order chi connectivity index (χ0) is 11.0. The van der Waals surface area contributed by atoms with Crippen molar-refractivity contribution in [3.8, 4) is 0 Å². The highest BCUT2D eigenvalue weighted by Gasteiger charge is 2.41. The summed E-state index contributed by atoms with van der Waals surface area (Å²) < 4.78 is 13.4. The predicted octanol–water partition coefficient (Wildman–Crippen LogP) is 2.50. The van der Waals surface area contributed by atoms with E-state index < -0.39 is 0 Å². The molecule has 2 saturated carbocycles. The molecule has 1 aromatic rings. The molecule has 16 heavy (non-hydrogen) atoms. The van der Waals surface area contributed by atoms with E-state index in [1.807, 2.05) is 0 Å². The van der Waals surface area contributed by atoms with Crippen LogP contribution in [0.15, 0.2) is 18.3 Å². The summed E-state index contributed by atoms with van der Waals surface area (Å²) in [5.41, 5.74) is 0.550. The van der Waals surface area contributed by atoms with E-state index in [9.17, 15) is 4.39 Å². The van der Waals surface area contributed by atoms with Crippen molar-refractivity contribution in [1.29, 1.82) is 0 Å². The second kappa shape index (κ2) is 4.13. The van der Waals surface area contributed by atoms with E-state index in [1.54, 1.807) is 12.3 Å². The van der Waals surface area contributed by atoms with Crippen molar-refractivity contribution < 1.29 is 4.39 Å². The molecule has 0 bridgehead atoms. The molecular formula is C13H17FN2. The van der Waals surface area contributed by atoms with E-state index in [0.717, 1.165) is 11.8 Å². The van der Waals surface area contributed by atoms with Crippen LogP contribution < -0.4 is 5.32 Å². The van der Waals surface area contributed by atoms with Gasteiger partial charge in [-0.3, -0.25) is 4.98 Å². The molecule has 2 nitrogen and oxygen atoms in total. The van der Waals surface area contributed by atoms with Crippen LogP contribution in [0.25, 0.3) is 0 Å². The molecule has 86 valence electrons. The lowest BCUT2D eigenvalue weighted by molar-refractivity contribution is 0.408. The monoisotopic (exact) mass is 220 g/mol. The second-order valence-electron chi connectivity index (χ2n) is 5.01. The molecule has 2 aliphatic rings. The molecule has 2 aliphatic carbocycles. The Labute approximate surface area is 95.3 Å². The highest BCUT2D eigenvalue weighted by atomic mass is 19.1. The molecule has 0 amide bonds. The number of hydrogen-bond acceptors (Lipinski definition) is 2. The highest BCUT2D eigenvalue weighted by Crippen LogP contribution is 2.44. The maximum atomic E-state index is 13.4. The fourth-order valence-corrected chi connectivity index (χ4v) is 2.39. The van der Waals surface area contributed by atoms with Crippen LogP contribution in [0.1, 0.15) is 31.4 Å². The van der Waals surface area contributed by atoms with Crippen molar-refractivity contribution in [2.75, 3.05) is 0 Å². The zero-order valence-corrected chi connectivity index (χ0v) is 9.32. The Hall–Kier alpha value is -0.960. The van der Waals surface area contributed by atoms with Crippen molar-refractivity contribution in [1.82, 2.24) is 10.3 Å². The van der Waals surface area contributed by atoms with Gasteiger partial charge in [-0.25, -0.2) is 4.39 Å². The normalized spacial score (nSPS) is 20.4. The van der Waals surface area contributed by atoms with Crippen LogP contribution in [-0.2, 0) is 6.54 Å². The molecule has 2 fully saturated rings. The Balaban J connectivity index is 1.60. The molecule has 0 unspecified atom stereocenters. The first-order valence-corrected chi connectivity index (χ1v) is 6.17. The van der Waals surface area contributed by atoms with Gasteiger partial charge in [0.2, 0.25) is 0 Å². The number of halogens is 1. The number of pyridine rings is 1. The van der Waals surface area contributed by atoms with Gasteiger partial charge < -0.3 is 5.32 Å². The Morgan fingerprint density at radius 3 is 2.56 bits per heavy atom. The summed E-state index contributed by atoms with van der Waals surface area (Å²) in [5.74, 6) is 1.50. The Morgan fingerprint density at radius 2 is 2.00 bits per heavy atom. The third kappa shape index (κ3) is 2.24. The third-order valence-corrected chi connectivity index (χ3v) is 3.60. The Morgan fingerprint density at radius 1 is 1.31 bits per heavy atom. The van der Waals surface area contributed by atoms with Crippen molar-refractivity contribution in [2.45, 2.75) is 38.3 Å². The van der Waals surface area contributed by atoms with Crippen molar-refractivity contribution in [3.63, 3.8) is 0 Å². The Kier molecular flexibility index (Phi) is 2.64. The van der Waals surface area contributed by atoms with Crippen molar-refractivity contribution in [2.24, 2.45) is 11.8 Å². The van der Waals surface area contributed by atoms with Crippen LogP contribution in [0, 0.1) is 17.7 Å². The molecule has 1 aromatic heterocycles. The molecule has 1 N–H and O–H groups in total. The summed E-state index contributed by atoms with van der Waals surface area (Å²) in [4.78, 5) is 4.07. The third-order valence-electron chi connectivity index (χ3n) is 3.60. The standard InChI is InChI=1S/C13H17FN2/c14-11-2-1-7-15-12(11)8-16-13(9-3-4-9)10-5-6-10/h1-2,7,9-10,13,16H,3-6,8H2. The van der Waals surface area contributed by atoms with Crippen LogP contribution in [0.5, 0.6) is 0 Å². The van der Waals surface area contributed by atoms with E-state index in [4.69, 9.17) is 0 Å². The van der Waals surface area contributed by atoms with E-state index in [-0.39, 0.29) is 5.82 Å². The molecular weight excluding hydrogens is 203 g/mol. The van der Waals surface area contributed by atoms with Gasteiger partial charge in [-0.1, -0.05) is 0 Å². The predicted molar refractivity (Wildman–Crippen MR) is 60.3 cm³/mol. The van der Waals surface area contributed by atoms with E-state index >= 15 is 0 Å². The summed E-state index contributed by atoms with van der Waals surface area (Å²) in [7, 11) is 0. The fourth-order valence-electron chi connectivity index (χ4n) is 2.39. The van der Waals surface area contributed by atoms with Gasteiger partial charge in [-0.05, 0) is 49.7 Å². The summed E-state index contributed by atoms with van der Waals surface area (Å²) in [6.07, 6.45) is 7.04. The van der Waals surface area contributed by atoms with Gasteiger partial charge in [-0.2, -0.15) is 0 Å². The summed E-state index contributed by atoms with van der Waals surface area (Å²) in [6.45, 7) is 0.574. The fraction of sp³-hybridized carbons (Fsp3) is 0.615. The molecule has 0 saturated heterocycles. The number of nitrogens with zero attached hydrogens (tertiary/aromatic N) is 1. The summed E-state index contributed by atoms with van der Waals surface area (Å²) in [6, 6.07) is 3.73. The first-order valence-electron chi connectivity index (χ1n) is 6.17. The molecule has 0 aromatic carbocycles.